The molecule has 5 rings (SSSR count). The molecule has 4 heterocycles. The van der Waals surface area contributed by atoms with Crippen LogP contribution in [0, 0.1) is 18.3 Å². The molecule has 0 radical (unpaired) electrons. The van der Waals surface area contributed by atoms with Crippen LogP contribution < -0.4 is 5.32 Å². The Balaban J connectivity index is 1.28. The van der Waals surface area contributed by atoms with Crippen molar-refractivity contribution in [3.05, 3.63) is 69.8 Å². The molecular formula is C23H21F2N7O2. The molecule has 0 aliphatic carbocycles. The summed E-state index contributed by atoms with van der Waals surface area (Å²) in [6.45, 7) is 5.37. The van der Waals surface area contributed by atoms with E-state index in [0.29, 0.717) is 18.7 Å². The number of fused-ring (bicyclic) bond motifs is 1. The Labute approximate surface area is 194 Å². The maximum absolute atomic E-state index is 13.0. The lowest BCUT2D eigenvalue weighted by Gasteiger charge is -2.34. The maximum Gasteiger partial charge on any atom is 0.338 e. The van der Waals surface area contributed by atoms with E-state index in [1.165, 1.54) is 6.20 Å². The van der Waals surface area contributed by atoms with Gasteiger partial charge in [-0.05, 0) is 24.1 Å². The molecule has 2 aliphatic heterocycles. The molecule has 1 fully saturated rings. The van der Waals surface area contributed by atoms with Gasteiger partial charge in [0.1, 0.15) is 18.4 Å². The molecular weight excluding hydrogens is 444 g/mol. The highest BCUT2D eigenvalue weighted by Crippen LogP contribution is 2.30. The standard InChI is InChI=1S/C23H21F2N7O2/c1-13-16(2-3-17-18(13)12-34-22(17)33)19-11-31(5-4-27-19)9-14-7-28-23(29-8-14)32-10-15(6-26)20(30-32)21(24)25/h2-3,7-8,10,19,21,27H,4-5,9,11-12H2,1H3/t19-/m0/s1. The summed E-state index contributed by atoms with van der Waals surface area (Å²) < 4.78 is 32.3. The third kappa shape index (κ3) is 4.02. The van der Waals surface area contributed by atoms with E-state index in [0.717, 1.165) is 46.6 Å². The van der Waals surface area contributed by atoms with Crippen molar-refractivity contribution < 1.29 is 18.3 Å². The van der Waals surface area contributed by atoms with Crippen molar-refractivity contribution in [2.24, 2.45) is 0 Å². The largest absolute Gasteiger partial charge is 0.457 e. The van der Waals surface area contributed by atoms with E-state index in [1.54, 1.807) is 18.5 Å². The number of nitrogens with one attached hydrogen (secondary N) is 1. The zero-order chi connectivity index (χ0) is 23.8. The average molecular weight is 465 g/mol. The number of rotatable bonds is 5. The van der Waals surface area contributed by atoms with Crippen LogP contribution in [-0.2, 0) is 17.9 Å². The van der Waals surface area contributed by atoms with Crippen molar-refractivity contribution in [2.75, 3.05) is 19.6 Å². The number of hydrogen-bond donors (Lipinski definition) is 1. The van der Waals surface area contributed by atoms with Gasteiger partial charge in [-0.15, -0.1) is 0 Å². The number of alkyl halides is 2. The summed E-state index contributed by atoms with van der Waals surface area (Å²) in [6.07, 6.45) is 1.63. The summed E-state index contributed by atoms with van der Waals surface area (Å²) >= 11 is 0. The van der Waals surface area contributed by atoms with Crippen molar-refractivity contribution >= 4 is 5.97 Å². The molecule has 3 aromatic rings. The number of ether oxygens (including phenoxy) is 1. The van der Waals surface area contributed by atoms with Gasteiger partial charge in [0.25, 0.3) is 6.43 Å². The molecule has 0 bridgehead atoms. The predicted molar refractivity (Wildman–Crippen MR) is 115 cm³/mol. The zero-order valence-electron chi connectivity index (χ0n) is 18.3. The number of carbonyl (C=O) groups is 1. The first-order chi connectivity index (χ1) is 16.4. The second kappa shape index (κ2) is 8.89. The van der Waals surface area contributed by atoms with Gasteiger partial charge in [0.15, 0.2) is 0 Å². The fourth-order valence-electron chi connectivity index (χ4n) is 4.45. The minimum Gasteiger partial charge on any atom is -0.457 e. The van der Waals surface area contributed by atoms with Gasteiger partial charge in [-0.1, -0.05) is 6.07 Å². The van der Waals surface area contributed by atoms with E-state index in [9.17, 15) is 13.6 Å². The fraction of sp³-hybridized carbons (Fsp3) is 0.348. The number of halogens is 2. The van der Waals surface area contributed by atoms with Crippen LogP contribution in [0.2, 0.25) is 0 Å². The molecule has 174 valence electrons. The van der Waals surface area contributed by atoms with E-state index < -0.39 is 12.1 Å². The Morgan fingerprint density at radius 1 is 1.32 bits per heavy atom. The topological polar surface area (TPSA) is 109 Å². The summed E-state index contributed by atoms with van der Waals surface area (Å²) in [6, 6.07) is 5.66. The third-order valence-corrected chi connectivity index (χ3v) is 6.22. The van der Waals surface area contributed by atoms with Gasteiger partial charge in [-0.3, -0.25) is 4.90 Å². The molecule has 0 unspecified atom stereocenters. The van der Waals surface area contributed by atoms with Gasteiger partial charge in [0.05, 0.1) is 17.3 Å². The van der Waals surface area contributed by atoms with Gasteiger partial charge in [-0.2, -0.15) is 10.4 Å². The van der Waals surface area contributed by atoms with Crippen LogP contribution in [-0.4, -0.2) is 50.3 Å². The molecule has 11 heteroatoms. The van der Waals surface area contributed by atoms with Crippen LogP contribution in [0.15, 0.2) is 30.7 Å². The summed E-state index contributed by atoms with van der Waals surface area (Å²) in [4.78, 5) is 22.6. The van der Waals surface area contributed by atoms with Crippen molar-refractivity contribution in [2.45, 2.75) is 32.5 Å². The highest BCUT2D eigenvalue weighted by atomic mass is 19.3. The van der Waals surface area contributed by atoms with Gasteiger partial charge in [-0.25, -0.2) is 28.2 Å². The molecule has 1 aromatic carbocycles. The lowest BCUT2D eigenvalue weighted by Crippen LogP contribution is -2.45. The maximum atomic E-state index is 13.0. The molecule has 2 aliphatic rings. The van der Waals surface area contributed by atoms with E-state index in [4.69, 9.17) is 10.00 Å². The van der Waals surface area contributed by atoms with Gasteiger partial charge >= 0.3 is 5.97 Å². The second-order valence-corrected chi connectivity index (χ2v) is 8.30. The molecule has 0 saturated carbocycles. The molecule has 1 N–H and O–H groups in total. The molecule has 1 saturated heterocycles. The number of carbonyl (C=O) groups excluding carboxylic acids is 1. The van der Waals surface area contributed by atoms with E-state index in [1.807, 2.05) is 19.1 Å². The number of benzene rings is 1. The Morgan fingerprint density at radius 2 is 2.12 bits per heavy atom. The Kier molecular flexibility index (Phi) is 5.77. The number of piperazine rings is 1. The summed E-state index contributed by atoms with van der Waals surface area (Å²) in [5.41, 5.74) is 3.91. The summed E-state index contributed by atoms with van der Waals surface area (Å²) in [5.74, 6) is -0.147. The van der Waals surface area contributed by atoms with Crippen LogP contribution in [0.5, 0.6) is 0 Å². The quantitative estimate of drug-likeness (QED) is 0.573. The summed E-state index contributed by atoms with van der Waals surface area (Å²) in [5, 5.41) is 16.3. The van der Waals surface area contributed by atoms with Crippen LogP contribution in [0.4, 0.5) is 8.78 Å². The van der Waals surface area contributed by atoms with Crippen molar-refractivity contribution in [1.29, 1.82) is 5.26 Å². The Morgan fingerprint density at radius 3 is 2.82 bits per heavy atom. The molecule has 9 nitrogen and oxygen atoms in total. The first-order valence-electron chi connectivity index (χ1n) is 10.8. The minimum atomic E-state index is -2.85. The number of cyclic esters (lactones) is 1. The van der Waals surface area contributed by atoms with Crippen molar-refractivity contribution in [3.63, 3.8) is 0 Å². The number of nitriles is 1. The number of hydrogen-bond acceptors (Lipinski definition) is 8. The van der Waals surface area contributed by atoms with Crippen LogP contribution in [0.25, 0.3) is 5.95 Å². The van der Waals surface area contributed by atoms with E-state index in [2.05, 4.69) is 25.3 Å². The van der Waals surface area contributed by atoms with Crippen molar-refractivity contribution in [3.8, 4) is 12.0 Å². The van der Waals surface area contributed by atoms with Crippen LogP contribution in [0.1, 0.15) is 56.3 Å². The van der Waals surface area contributed by atoms with Gasteiger partial charge < -0.3 is 10.1 Å². The van der Waals surface area contributed by atoms with Crippen LogP contribution >= 0.6 is 0 Å². The lowest BCUT2D eigenvalue weighted by atomic mass is 9.93. The lowest BCUT2D eigenvalue weighted by molar-refractivity contribution is 0.0535. The van der Waals surface area contributed by atoms with E-state index in [-0.39, 0.29) is 23.5 Å². The first-order valence-corrected chi connectivity index (χ1v) is 10.8. The van der Waals surface area contributed by atoms with Gasteiger partial charge in [0, 0.05) is 55.7 Å². The van der Waals surface area contributed by atoms with E-state index >= 15 is 0 Å². The summed E-state index contributed by atoms with van der Waals surface area (Å²) in [7, 11) is 0. The number of esters is 1. The SMILES string of the molecule is Cc1c([C@@H]2CN(Cc3cnc(-n4cc(C#N)c(C(F)F)n4)nc3)CCN2)ccc2c1COC2=O. The minimum absolute atomic E-state index is 0.108. The number of aromatic nitrogens is 4. The number of nitrogens with zero attached hydrogens (tertiary/aromatic N) is 6. The Bertz CT molecular complexity index is 1280. The monoisotopic (exact) mass is 465 g/mol. The first kappa shape index (κ1) is 22.1. The zero-order valence-corrected chi connectivity index (χ0v) is 18.3. The highest BCUT2D eigenvalue weighted by molar-refractivity contribution is 5.94. The highest BCUT2D eigenvalue weighted by Gasteiger charge is 2.28. The van der Waals surface area contributed by atoms with Crippen LogP contribution in [0.3, 0.4) is 0 Å². The molecule has 34 heavy (non-hydrogen) atoms. The Hall–Kier alpha value is -3.75. The smallest absolute Gasteiger partial charge is 0.338 e. The van der Waals surface area contributed by atoms with Crippen molar-refractivity contribution in [1.82, 2.24) is 30.0 Å². The fourth-order valence-corrected chi connectivity index (χ4v) is 4.45. The average Bonchev–Trinajstić information content (AvgIpc) is 3.45. The normalized spacial score (nSPS) is 18.1. The molecule has 0 amide bonds. The molecule has 1 atom stereocenters. The molecule has 0 spiro atoms. The predicted octanol–water partition coefficient (Wildman–Crippen LogP) is 2.60. The third-order valence-electron chi connectivity index (χ3n) is 6.22. The van der Waals surface area contributed by atoms with Gasteiger partial charge in [0.2, 0.25) is 5.95 Å². The second-order valence-electron chi connectivity index (χ2n) is 8.30. The molecule has 2 aromatic heterocycles.